The molecule has 0 aliphatic carbocycles. The van der Waals surface area contributed by atoms with E-state index in [-0.39, 0.29) is 5.78 Å². The normalized spacial score (nSPS) is 10.9. The van der Waals surface area contributed by atoms with Crippen LogP contribution in [0.25, 0.3) is 0 Å². The van der Waals surface area contributed by atoms with Gasteiger partial charge in [-0.2, -0.15) is 5.10 Å². The second-order valence-electron chi connectivity index (χ2n) is 4.67. The number of aryl methyl sites for hydroxylation is 1. The molecule has 0 aromatic carbocycles. The SMILES string of the molecule is Cc1ccncc1C(=O)Cc1ccn(C(C)C)n1. The first-order valence-electron chi connectivity index (χ1n) is 6.06. The number of carbonyl (C=O) groups is 1. The summed E-state index contributed by atoms with van der Waals surface area (Å²) in [6.45, 7) is 6.04. The molecule has 0 saturated carbocycles. The Morgan fingerprint density at radius 3 is 2.78 bits per heavy atom. The molecule has 0 aliphatic heterocycles. The number of pyridine rings is 1. The van der Waals surface area contributed by atoms with Crippen molar-refractivity contribution in [3.05, 3.63) is 47.5 Å². The Labute approximate surface area is 107 Å². The van der Waals surface area contributed by atoms with Gasteiger partial charge in [0.1, 0.15) is 0 Å². The van der Waals surface area contributed by atoms with Gasteiger partial charge < -0.3 is 0 Å². The van der Waals surface area contributed by atoms with Crippen molar-refractivity contribution in [1.82, 2.24) is 14.8 Å². The van der Waals surface area contributed by atoms with Crippen molar-refractivity contribution < 1.29 is 4.79 Å². The number of carbonyl (C=O) groups excluding carboxylic acids is 1. The molecule has 0 radical (unpaired) electrons. The third kappa shape index (κ3) is 2.64. The summed E-state index contributed by atoms with van der Waals surface area (Å²) in [4.78, 5) is 16.1. The summed E-state index contributed by atoms with van der Waals surface area (Å²) in [5, 5.41) is 4.38. The van der Waals surface area contributed by atoms with E-state index in [4.69, 9.17) is 0 Å². The van der Waals surface area contributed by atoms with Crippen LogP contribution in [0.3, 0.4) is 0 Å². The maximum atomic E-state index is 12.1. The number of Topliss-reactive ketones (excluding diaryl/α,β-unsaturated/α-hetero) is 1. The van der Waals surface area contributed by atoms with Crippen molar-refractivity contribution in [2.24, 2.45) is 0 Å². The largest absolute Gasteiger partial charge is 0.294 e. The molecule has 0 aliphatic rings. The zero-order chi connectivity index (χ0) is 13.1. The van der Waals surface area contributed by atoms with Crippen LogP contribution in [0, 0.1) is 6.92 Å². The third-order valence-corrected chi connectivity index (χ3v) is 2.87. The smallest absolute Gasteiger partial charge is 0.170 e. The van der Waals surface area contributed by atoms with E-state index in [1.54, 1.807) is 12.4 Å². The molecule has 2 heterocycles. The lowest BCUT2D eigenvalue weighted by molar-refractivity contribution is 0.0990. The third-order valence-electron chi connectivity index (χ3n) is 2.87. The van der Waals surface area contributed by atoms with E-state index in [1.807, 2.05) is 29.9 Å². The summed E-state index contributed by atoms with van der Waals surface area (Å²) >= 11 is 0. The van der Waals surface area contributed by atoms with Gasteiger partial charge in [-0.1, -0.05) is 0 Å². The quantitative estimate of drug-likeness (QED) is 0.775. The highest BCUT2D eigenvalue weighted by Crippen LogP contribution is 2.11. The minimum Gasteiger partial charge on any atom is -0.294 e. The predicted octanol–water partition coefficient (Wildman–Crippen LogP) is 2.59. The first kappa shape index (κ1) is 12.5. The van der Waals surface area contributed by atoms with Gasteiger partial charge in [0.25, 0.3) is 0 Å². The van der Waals surface area contributed by atoms with Crippen LogP contribution in [0.5, 0.6) is 0 Å². The Morgan fingerprint density at radius 2 is 2.17 bits per heavy atom. The lowest BCUT2D eigenvalue weighted by atomic mass is 10.0. The lowest BCUT2D eigenvalue weighted by Gasteiger charge is -2.04. The Bertz CT molecular complexity index is 558. The minimum absolute atomic E-state index is 0.0645. The van der Waals surface area contributed by atoms with E-state index in [9.17, 15) is 4.79 Å². The number of rotatable bonds is 4. The van der Waals surface area contributed by atoms with E-state index < -0.39 is 0 Å². The van der Waals surface area contributed by atoms with Crippen LogP contribution in [0.4, 0.5) is 0 Å². The lowest BCUT2D eigenvalue weighted by Crippen LogP contribution is -2.08. The number of ketones is 1. The number of hydrogen-bond acceptors (Lipinski definition) is 3. The van der Waals surface area contributed by atoms with E-state index in [0.717, 1.165) is 11.3 Å². The van der Waals surface area contributed by atoms with Crippen molar-refractivity contribution in [1.29, 1.82) is 0 Å². The topological polar surface area (TPSA) is 47.8 Å². The Kier molecular flexibility index (Phi) is 3.55. The van der Waals surface area contributed by atoms with Gasteiger partial charge in [0.2, 0.25) is 0 Å². The van der Waals surface area contributed by atoms with Gasteiger partial charge in [0.15, 0.2) is 5.78 Å². The van der Waals surface area contributed by atoms with E-state index in [0.29, 0.717) is 18.0 Å². The van der Waals surface area contributed by atoms with Crippen molar-refractivity contribution in [3.8, 4) is 0 Å². The molecule has 4 heteroatoms. The molecule has 0 unspecified atom stereocenters. The highest BCUT2D eigenvalue weighted by atomic mass is 16.1. The fourth-order valence-corrected chi connectivity index (χ4v) is 1.77. The average molecular weight is 243 g/mol. The molecule has 0 spiro atoms. The minimum atomic E-state index is 0.0645. The van der Waals surface area contributed by atoms with Crippen molar-refractivity contribution in [2.75, 3.05) is 0 Å². The van der Waals surface area contributed by atoms with E-state index in [2.05, 4.69) is 23.9 Å². The first-order valence-corrected chi connectivity index (χ1v) is 6.06. The molecule has 4 nitrogen and oxygen atoms in total. The van der Waals surface area contributed by atoms with Crippen molar-refractivity contribution >= 4 is 5.78 Å². The summed E-state index contributed by atoms with van der Waals surface area (Å²) in [5.74, 6) is 0.0645. The molecule has 94 valence electrons. The van der Waals surface area contributed by atoms with Crippen LogP contribution < -0.4 is 0 Å². The molecule has 2 aromatic rings. The molecular formula is C14H17N3O. The monoisotopic (exact) mass is 243 g/mol. The molecule has 2 rings (SSSR count). The molecule has 2 aromatic heterocycles. The fourth-order valence-electron chi connectivity index (χ4n) is 1.77. The van der Waals surface area contributed by atoms with E-state index >= 15 is 0 Å². The number of aromatic nitrogens is 3. The van der Waals surface area contributed by atoms with Gasteiger partial charge in [0.05, 0.1) is 12.1 Å². The van der Waals surface area contributed by atoms with Crippen LogP contribution >= 0.6 is 0 Å². The highest BCUT2D eigenvalue weighted by molar-refractivity contribution is 5.98. The molecule has 0 N–H and O–H groups in total. The Balaban J connectivity index is 2.14. The zero-order valence-corrected chi connectivity index (χ0v) is 10.9. The van der Waals surface area contributed by atoms with Gasteiger partial charge in [-0.3, -0.25) is 14.5 Å². The average Bonchev–Trinajstić information content (AvgIpc) is 2.78. The molecule has 0 bridgehead atoms. The van der Waals surface area contributed by atoms with Gasteiger partial charge in [-0.25, -0.2) is 0 Å². The summed E-state index contributed by atoms with van der Waals surface area (Å²) in [6, 6.07) is 4.05. The van der Waals surface area contributed by atoms with Gasteiger partial charge >= 0.3 is 0 Å². The predicted molar refractivity (Wildman–Crippen MR) is 69.6 cm³/mol. The molecule has 0 fully saturated rings. The second kappa shape index (κ2) is 5.12. The van der Waals surface area contributed by atoms with Crippen molar-refractivity contribution in [3.63, 3.8) is 0 Å². The molecule has 18 heavy (non-hydrogen) atoms. The molecule has 0 saturated heterocycles. The number of nitrogens with zero attached hydrogens (tertiary/aromatic N) is 3. The summed E-state index contributed by atoms with van der Waals surface area (Å²) in [7, 11) is 0. The maximum Gasteiger partial charge on any atom is 0.170 e. The van der Waals surface area contributed by atoms with Crippen LogP contribution in [0.15, 0.2) is 30.7 Å². The first-order chi connectivity index (χ1) is 8.58. The van der Waals surface area contributed by atoms with Crippen LogP contribution in [-0.2, 0) is 6.42 Å². The van der Waals surface area contributed by atoms with Crippen LogP contribution in [0.2, 0.25) is 0 Å². The van der Waals surface area contributed by atoms with Crippen LogP contribution in [0.1, 0.15) is 41.5 Å². The molecular weight excluding hydrogens is 226 g/mol. The Morgan fingerprint density at radius 1 is 1.39 bits per heavy atom. The standard InChI is InChI=1S/C14H17N3O/c1-10(2)17-7-5-12(16-17)8-14(18)13-9-15-6-4-11(13)3/h4-7,9-10H,8H2,1-3H3. The molecule has 0 atom stereocenters. The summed E-state index contributed by atoms with van der Waals surface area (Å²) in [5.41, 5.74) is 2.44. The zero-order valence-electron chi connectivity index (χ0n) is 10.9. The summed E-state index contributed by atoms with van der Waals surface area (Å²) < 4.78 is 1.86. The van der Waals surface area contributed by atoms with Gasteiger partial charge in [-0.15, -0.1) is 0 Å². The second-order valence-corrected chi connectivity index (χ2v) is 4.67. The Hall–Kier alpha value is -1.97. The van der Waals surface area contributed by atoms with Crippen LogP contribution in [-0.4, -0.2) is 20.5 Å². The van der Waals surface area contributed by atoms with Crippen molar-refractivity contribution in [2.45, 2.75) is 33.2 Å². The maximum absolute atomic E-state index is 12.1. The van der Waals surface area contributed by atoms with E-state index in [1.165, 1.54) is 0 Å². The van der Waals surface area contributed by atoms with Gasteiger partial charge in [0, 0.05) is 30.2 Å². The van der Waals surface area contributed by atoms with Gasteiger partial charge in [-0.05, 0) is 38.5 Å². The fraction of sp³-hybridized carbons (Fsp3) is 0.357. The summed E-state index contributed by atoms with van der Waals surface area (Å²) in [6.07, 6.45) is 5.55. The number of hydrogen-bond donors (Lipinski definition) is 0. The molecule has 0 amide bonds. The highest BCUT2D eigenvalue weighted by Gasteiger charge is 2.12.